The number of nitrogens with zero attached hydrogens (tertiary/aromatic N) is 4. The van der Waals surface area contributed by atoms with Crippen LogP contribution in [0.25, 0.3) is 27.9 Å². The van der Waals surface area contributed by atoms with Crippen molar-refractivity contribution < 1.29 is 14.1 Å². The summed E-state index contributed by atoms with van der Waals surface area (Å²) in [7, 11) is 0. The van der Waals surface area contributed by atoms with Crippen LogP contribution >= 0.6 is 11.8 Å². The van der Waals surface area contributed by atoms with E-state index in [1.165, 1.54) is 30.0 Å². The number of hydrogen-bond donors (Lipinski definition) is 1. The SMILES string of the molecule is Cc1c(/C=C2\SC(=Nc3ccc([N+](=O)[O-])cc3)N(CCc3c[nH]c4ccccc34)C2=O)c2ccccc2n1Cc1ccccc1F. The third-order valence-corrected chi connectivity index (χ3v) is 9.30. The predicted octanol–water partition coefficient (Wildman–Crippen LogP) is 8.37. The number of aliphatic imine (C=N–C) groups is 1. The van der Waals surface area contributed by atoms with Crippen molar-refractivity contribution in [1.82, 2.24) is 14.5 Å². The zero-order chi connectivity index (χ0) is 31.8. The van der Waals surface area contributed by atoms with Crippen LogP contribution in [0.5, 0.6) is 0 Å². The molecular weight excluding hydrogens is 601 g/mol. The largest absolute Gasteiger partial charge is 0.361 e. The number of carbonyl (C=O) groups excluding carboxylic acids is 1. The molecule has 46 heavy (non-hydrogen) atoms. The lowest BCUT2D eigenvalue weighted by molar-refractivity contribution is -0.384. The molecule has 10 heteroatoms. The van der Waals surface area contributed by atoms with Gasteiger partial charge in [0.05, 0.1) is 22.1 Å². The highest BCUT2D eigenvalue weighted by Gasteiger charge is 2.34. The van der Waals surface area contributed by atoms with Gasteiger partial charge in [0.1, 0.15) is 5.82 Å². The number of carbonyl (C=O) groups is 1. The molecule has 8 nitrogen and oxygen atoms in total. The van der Waals surface area contributed by atoms with Crippen LogP contribution in [-0.4, -0.2) is 37.0 Å². The molecule has 228 valence electrons. The molecule has 4 aromatic carbocycles. The highest BCUT2D eigenvalue weighted by molar-refractivity contribution is 8.18. The summed E-state index contributed by atoms with van der Waals surface area (Å²) in [6.07, 6.45) is 4.47. The molecule has 2 aromatic heterocycles. The Labute approximate surface area is 268 Å². The Morgan fingerprint density at radius 3 is 2.43 bits per heavy atom. The number of rotatable bonds is 8. The number of non-ortho nitro benzene ring substituents is 1. The lowest BCUT2D eigenvalue weighted by Crippen LogP contribution is -2.31. The van der Waals surface area contributed by atoms with Crippen LogP contribution in [0.2, 0.25) is 0 Å². The average molecular weight is 630 g/mol. The van der Waals surface area contributed by atoms with Gasteiger partial charge in [0.25, 0.3) is 11.6 Å². The first-order valence-corrected chi connectivity index (χ1v) is 15.6. The summed E-state index contributed by atoms with van der Waals surface area (Å²) in [6, 6.07) is 28.7. The number of nitro benzene ring substituents is 1. The van der Waals surface area contributed by atoms with Crippen LogP contribution in [0.4, 0.5) is 15.8 Å². The lowest BCUT2D eigenvalue weighted by Gasteiger charge is -2.15. The number of hydrogen-bond acceptors (Lipinski definition) is 5. The number of thioether (sulfide) groups is 1. The first-order chi connectivity index (χ1) is 22.4. The van der Waals surface area contributed by atoms with E-state index in [1.54, 1.807) is 29.2 Å². The summed E-state index contributed by atoms with van der Waals surface area (Å²) in [6.45, 7) is 2.73. The minimum absolute atomic E-state index is 0.0295. The number of aromatic nitrogens is 2. The summed E-state index contributed by atoms with van der Waals surface area (Å²) < 4.78 is 16.7. The maximum atomic E-state index is 14.7. The summed E-state index contributed by atoms with van der Waals surface area (Å²) in [5.41, 5.74) is 5.93. The molecule has 0 atom stereocenters. The van der Waals surface area contributed by atoms with Crippen LogP contribution in [0.15, 0.2) is 113 Å². The summed E-state index contributed by atoms with van der Waals surface area (Å²) in [5.74, 6) is -0.435. The van der Waals surface area contributed by atoms with Gasteiger partial charge < -0.3 is 9.55 Å². The summed E-state index contributed by atoms with van der Waals surface area (Å²) in [5, 5.41) is 13.7. The van der Waals surface area contributed by atoms with E-state index in [-0.39, 0.29) is 17.4 Å². The number of nitrogens with one attached hydrogen (secondary N) is 1. The molecule has 1 amide bonds. The van der Waals surface area contributed by atoms with Gasteiger partial charge in [-0.3, -0.25) is 19.8 Å². The number of fused-ring (bicyclic) bond motifs is 2. The van der Waals surface area contributed by atoms with Crippen molar-refractivity contribution in [2.24, 2.45) is 4.99 Å². The van der Waals surface area contributed by atoms with Crippen LogP contribution in [0.1, 0.15) is 22.4 Å². The Morgan fingerprint density at radius 2 is 1.65 bits per heavy atom. The number of benzene rings is 4. The topological polar surface area (TPSA) is 96.5 Å². The van der Waals surface area contributed by atoms with Gasteiger partial charge in [-0.05, 0) is 67.1 Å². The van der Waals surface area contributed by atoms with Crippen molar-refractivity contribution in [3.63, 3.8) is 0 Å². The van der Waals surface area contributed by atoms with E-state index in [0.717, 1.165) is 38.6 Å². The zero-order valence-corrected chi connectivity index (χ0v) is 25.6. The Morgan fingerprint density at radius 1 is 0.935 bits per heavy atom. The molecule has 7 rings (SSSR count). The lowest BCUT2D eigenvalue weighted by atomic mass is 10.1. The fourth-order valence-electron chi connectivity index (χ4n) is 5.89. The Balaban J connectivity index is 1.27. The van der Waals surface area contributed by atoms with E-state index >= 15 is 0 Å². The zero-order valence-electron chi connectivity index (χ0n) is 24.8. The molecular formula is C36H28FN5O3S. The van der Waals surface area contributed by atoms with Crippen molar-refractivity contribution >= 4 is 62.1 Å². The first-order valence-electron chi connectivity index (χ1n) is 14.8. The number of amides is 1. The molecule has 1 aliphatic rings. The molecule has 6 aromatic rings. The molecule has 0 bridgehead atoms. The van der Waals surface area contributed by atoms with Gasteiger partial charge in [0.2, 0.25) is 0 Å². The van der Waals surface area contributed by atoms with Crippen LogP contribution in [0, 0.1) is 22.9 Å². The van der Waals surface area contributed by atoms with Crippen molar-refractivity contribution in [3.8, 4) is 0 Å². The van der Waals surface area contributed by atoms with Gasteiger partial charge in [0.15, 0.2) is 5.17 Å². The van der Waals surface area contributed by atoms with Crippen LogP contribution in [-0.2, 0) is 17.8 Å². The average Bonchev–Trinajstić information content (AvgIpc) is 3.69. The standard InChI is InChI=1S/C36H28FN5O3S/c1-23-30(29-10-4-7-13-33(29)41(23)22-25-8-2-5-11-31(25)37)20-34-35(43)40(19-18-24-21-38-32-12-6-3-9-28(24)32)36(46-34)39-26-14-16-27(17-15-26)42(44)45/h2-17,20-21,38H,18-19,22H2,1H3/b34-20-,39-36?. The highest BCUT2D eigenvalue weighted by atomic mass is 32.2. The molecule has 0 saturated carbocycles. The maximum absolute atomic E-state index is 14.7. The fraction of sp³-hybridized carbons (Fsp3) is 0.111. The maximum Gasteiger partial charge on any atom is 0.269 e. The molecule has 1 saturated heterocycles. The molecule has 3 heterocycles. The van der Waals surface area contributed by atoms with Crippen LogP contribution < -0.4 is 0 Å². The molecule has 0 aliphatic carbocycles. The van der Waals surface area contributed by atoms with Gasteiger partial charge in [-0.1, -0.05) is 54.6 Å². The van der Waals surface area contributed by atoms with Gasteiger partial charge in [0, 0.05) is 63.5 Å². The van der Waals surface area contributed by atoms with E-state index in [1.807, 2.05) is 67.7 Å². The number of nitro groups is 1. The quantitative estimate of drug-likeness (QED) is 0.104. The van der Waals surface area contributed by atoms with E-state index in [2.05, 4.69) is 15.6 Å². The molecule has 1 N–H and O–H groups in total. The number of para-hydroxylation sites is 2. The first kappa shape index (κ1) is 29.2. The van der Waals surface area contributed by atoms with E-state index in [0.29, 0.717) is 40.8 Å². The van der Waals surface area contributed by atoms with E-state index in [9.17, 15) is 19.3 Å². The van der Waals surface area contributed by atoms with Gasteiger partial charge in [-0.2, -0.15) is 0 Å². The molecule has 0 spiro atoms. The third kappa shape index (κ3) is 5.48. The predicted molar refractivity (Wildman–Crippen MR) is 182 cm³/mol. The van der Waals surface area contributed by atoms with Crippen molar-refractivity contribution in [2.75, 3.05) is 6.54 Å². The summed E-state index contributed by atoms with van der Waals surface area (Å²) in [4.78, 5) is 35.0. The van der Waals surface area contributed by atoms with Crippen molar-refractivity contribution in [1.29, 1.82) is 0 Å². The molecule has 0 radical (unpaired) electrons. The minimum atomic E-state index is -0.454. The van der Waals surface area contributed by atoms with Crippen LogP contribution in [0.3, 0.4) is 0 Å². The fourth-order valence-corrected chi connectivity index (χ4v) is 6.90. The number of H-pyrrole nitrogens is 1. The second kappa shape index (κ2) is 12.1. The molecule has 1 fully saturated rings. The second-order valence-corrected chi connectivity index (χ2v) is 12.0. The number of amidine groups is 1. The third-order valence-electron chi connectivity index (χ3n) is 8.29. The number of aromatic amines is 1. The highest BCUT2D eigenvalue weighted by Crippen LogP contribution is 2.37. The van der Waals surface area contributed by atoms with Gasteiger partial charge in [-0.25, -0.2) is 9.38 Å². The second-order valence-electron chi connectivity index (χ2n) is 11.0. The molecule has 1 aliphatic heterocycles. The summed E-state index contributed by atoms with van der Waals surface area (Å²) >= 11 is 1.28. The molecule has 0 unspecified atom stereocenters. The normalized spacial score (nSPS) is 15.2. The van der Waals surface area contributed by atoms with Crippen molar-refractivity contribution in [3.05, 3.63) is 146 Å². The minimum Gasteiger partial charge on any atom is -0.361 e. The van der Waals surface area contributed by atoms with E-state index in [4.69, 9.17) is 4.99 Å². The Kier molecular flexibility index (Phi) is 7.71. The van der Waals surface area contributed by atoms with E-state index < -0.39 is 4.92 Å². The monoisotopic (exact) mass is 629 g/mol. The Bertz CT molecular complexity index is 2200. The Hall–Kier alpha value is -5.48. The van der Waals surface area contributed by atoms with Crippen molar-refractivity contribution in [2.45, 2.75) is 19.9 Å². The van der Waals surface area contributed by atoms with Gasteiger partial charge in [-0.15, -0.1) is 0 Å². The smallest absolute Gasteiger partial charge is 0.269 e. The van der Waals surface area contributed by atoms with Gasteiger partial charge >= 0.3 is 0 Å². The number of halogens is 1.